The summed E-state index contributed by atoms with van der Waals surface area (Å²) in [5, 5.41) is 1.06. The van der Waals surface area contributed by atoms with Gasteiger partial charge in [-0.15, -0.1) is 0 Å². The average Bonchev–Trinajstić information content (AvgIpc) is 2.90. The third-order valence-corrected chi connectivity index (χ3v) is 10.9. The van der Waals surface area contributed by atoms with Crippen LogP contribution >= 0.6 is 11.6 Å². The SMILES string of the molecule is CC(C)[Si](OC(=CCl)c1cc2ccccc2o1)(C(C)C)C(C)C. The highest BCUT2D eigenvalue weighted by Crippen LogP contribution is 2.45. The van der Waals surface area contributed by atoms with Gasteiger partial charge < -0.3 is 8.84 Å². The van der Waals surface area contributed by atoms with E-state index in [1.807, 2.05) is 30.3 Å². The van der Waals surface area contributed by atoms with Crippen LogP contribution < -0.4 is 0 Å². The fourth-order valence-electron chi connectivity index (χ4n) is 3.77. The first-order chi connectivity index (χ1) is 10.8. The minimum Gasteiger partial charge on any atom is -0.540 e. The zero-order valence-electron chi connectivity index (χ0n) is 14.9. The molecule has 23 heavy (non-hydrogen) atoms. The lowest BCUT2D eigenvalue weighted by atomic mass is 10.2. The fraction of sp³-hybridized carbons (Fsp3) is 0.474. The van der Waals surface area contributed by atoms with Crippen LogP contribution in [0.2, 0.25) is 16.6 Å². The highest BCUT2D eigenvalue weighted by atomic mass is 35.5. The average molecular weight is 351 g/mol. The van der Waals surface area contributed by atoms with Crippen LogP contribution in [0.3, 0.4) is 0 Å². The summed E-state index contributed by atoms with van der Waals surface area (Å²) >= 11 is 6.12. The predicted octanol–water partition coefficient (Wildman–Crippen LogP) is 7.16. The largest absolute Gasteiger partial charge is 0.540 e. The third kappa shape index (κ3) is 3.36. The first-order valence-corrected chi connectivity index (χ1v) is 10.9. The number of hydrogen-bond donors (Lipinski definition) is 0. The van der Waals surface area contributed by atoms with Crippen LogP contribution in [0.5, 0.6) is 0 Å². The molecule has 2 nitrogen and oxygen atoms in total. The molecule has 126 valence electrons. The Balaban J connectivity index is 2.44. The smallest absolute Gasteiger partial charge is 0.258 e. The van der Waals surface area contributed by atoms with Crippen molar-refractivity contribution in [3.8, 4) is 0 Å². The molecule has 4 heteroatoms. The van der Waals surface area contributed by atoms with E-state index >= 15 is 0 Å². The lowest BCUT2D eigenvalue weighted by Gasteiger charge is -2.42. The van der Waals surface area contributed by atoms with Gasteiger partial charge in [-0.05, 0) is 28.8 Å². The van der Waals surface area contributed by atoms with Gasteiger partial charge >= 0.3 is 0 Å². The van der Waals surface area contributed by atoms with E-state index in [2.05, 4.69) is 41.5 Å². The highest BCUT2D eigenvalue weighted by Gasteiger charge is 2.47. The minimum absolute atomic E-state index is 0.485. The van der Waals surface area contributed by atoms with Gasteiger partial charge in [0.15, 0.2) is 11.5 Å². The van der Waals surface area contributed by atoms with E-state index in [1.54, 1.807) is 0 Å². The van der Waals surface area contributed by atoms with Gasteiger partial charge in [0.2, 0.25) is 0 Å². The van der Waals surface area contributed by atoms with Crippen molar-refractivity contribution in [2.24, 2.45) is 0 Å². The molecule has 0 aliphatic rings. The van der Waals surface area contributed by atoms with Gasteiger partial charge in [0.05, 0.1) is 0 Å². The second-order valence-electron chi connectivity index (χ2n) is 7.04. The zero-order valence-corrected chi connectivity index (χ0v) is 16.6. The molecule has 1 aromatic heterocycles. The van der Waals surface area contributed by atoms with Crippen molar-refractivity contribution in [1.29, 1.82) is 0 Å². The van der Waals surface area contributed by atoms with E-state index in [9.17, 15) is 0 Å². The third-order valence-electron chi connectivity index (χ3n) is 4.76. The maximum Gasteiger partial charge on any atom is 0.258 e. The van der Waals surface area contributed by atoms with E-state index in [0.717, 1.165) is 11.0 Å². The summed E-state index contributed by atoms with van der Waals surface area (Å²) in [5.74, 6) is 1.37. The van der Waals surface area contributed by atoms with Crippen molar-refractivity contribution >= 4 is 36.6 Å². The summed E-state index contributed by atoms with van der Waals surface area (Å²) in [6.45, 7) is 13.6. The van der Waals surface area contributed by atoms with Crippen LogP contribution in [0, 0.1) is 0 Å². The number of fused-ring (bicyclic) bond motifs is 1. The quantitative estimate of drug-likeness (QED) is 0.407. The summed E-state index contributed by atoms with van der Waals surface area (Å²) in [6, 6.07) is 9.97. The number of furan rings is 1. The van der Waals surface area contributed by atoms with Crippen LogP contribution in [0.4, 0.5) is 0 Å². The molecule has 1 heterocycles. The molecule has 0 spiro atoms. The Kier molecular flexibility index (Phi) is 5.64. The van der Waals surface area contributed by atoms with Crippen LogP contribution in [0.15, 0.2) is 40.3 Å². The molecule has 2 aromatic rings. The van der Waals surface area contributed by atoms with Crippen molar-refractivity contribution in [3.05, 3.63) is 41.6 Å². The summed E-state index contributed by atoms with van der Waals surface area (Å²) in [5.41, 5.74) is 3.83. The van der Waals surface area contributed by atoms with E-state index in [-0.39, 0.29) is 0 Å². The molecule has 1 aromatic carbocycles. The molecule has 2 rings (SSSR count). The van der Waals surface area contributed by atoms with Gasteiger partial charge in [0, 0.05) is 10.9 Å². The topological polar surface area (TPSA) is 22.4 Å². The number of hydrogen-bond acceptors (Lipinski definition) is 2. The molecule has 0 saturated carbocycles. The normalized spacial score (nSPS) is 13.6. The number of benzene rings is 1. The van der Waals surface area contributed by atoms with Crippen molar-refractivity contribution in [3.63, 3.8) is 0 Å². The maximum absolute atomic E-state index is 6.66. The van der Waals surface area contributed by atoms with E-state index < -0.39 is 8.32 Å². The molecule has 0 unspecified atom stereocenters. The molecule has 0 bridgehead atoms. The molecule has 0 amide bonds. The molecular weight excluding hydrogens is 324 g/mol. The number of halogens is 1. The van der Waals surface area contributed by atoms with Crippen molar-refractivity contribution in [2.45, 2.75) is 58.2 Å². The lowest BCUT2D eigenvalue weighted by molar-refractivity contribution is 0.425. The van der Waals surface area contributed by atoms with Crippen LogP contribution in [-0.4, -0.2) is 8.32 Å². The van der Waals surface area contributed by atoms with E-state index in [0.29, 0.717) is 28.1 Å². The van der Waals surface area contributed by atoms with Crippen molar-refractivity contribution in [1.82, 2.24) is 0 Å². The molecule has 0 fully saturated rings. The first-order valence-electron chi connectivity index (χ1n) is 8.31. The summed E-state index contributed by atoms with van der Waals surface area (Å²) in [4.78, 5) is 0. The monoisotopic (exact) mass is 350 g/mol. The van der Waals surface area contributed by atoms with Gasteiger partial charge in [-0.3, -0.25) is 0 Å². The van der Waals surface area contributed by atoms with Gasteiger partial charge in [-0.2, -0.15) is 0 Å². The Morgan fingerprint density at radius 2 is 1.61 bits per heavy atom. The molecule has 0 saturated heterocycles. The Morgan fingerprint density at radius 3 is 2.09 bits per heavy atom. The Labute approximate surface area is 145 Å². The molecule has 0 aliphatic heterocycles. The number of rotatable bonds is 6. The minimum atomic E-state index is -2.06. The summed E-state index contributed by atoms with van der Waals surface area (Å²) in [7, 11) is -2.06. The Bertz CT molecular complexity index is 631. The Morgan fingerprint density at radius 1 is 1.04 bits per heavy atom. The first kappa shape index (κ1) is 18.1. The van der Waals surface area contributed by atoms with E-state index in [4.69, 9.17) is 20.4 Å². The highest BCUT2D eigenvalue weighted by molar-refractivity contribution is 6.78. The van der Waals surface area contributed by atoms with Crippen LogP contribution in [-0.2, 0) is 4.43 Å². The predicted molar refractivity (Wildman–Crippen MR) is 102 cm³/mol. The number of para-hydroxylation sites is 1. The molecule has 0 aliphatic carbocycles. The van der Waals surface area contributed by atoms with Gasteiger partial charge in [0.1, 0.15) is 5.58 Å². The summed E-state index contributed by atoms with van der Waals surface area (Å²) < 4.78 is 12.6. The van der Waals surface area contributed by atoms with Crippen LogP contribution in [0.1, 0.15) is 47.3 Å². The van der Waals surface area contributed by atoms with Gasteiger partial charge in [-0.1, -0.05) is 71.3 Å². The molecule has 0 radical (unpaired) electrons. The Hall–Kier alpha value is -1.19. The van der Waals surface area contributed by atoms with E-state index in [1.165, 1.54) is 5.54 Å². The molecule has 0 N–H and O–H groups in total. The van der Waals surface area contributed by atoms with Gasteiger partial charge in [-0.25, -0.2) is 0 Å². The molecule has 0 atom stereocenters. The van der Waals surface area contributed by atoms with Gasteiger partial charge in [0.25, 0.3) is 8.32 Å². The standard InChI is InChI=1S/C19H27ClO2Si/c1-13(2)23(14(3)4,15(5)6)22-19(12-20)18-11-16-9-7-8-10-17(16)21-18/h7-15H,1-6H3. The molecular formula is C19H27ClO2Si. The lowest BCUT2D eigenvalue weighted by Crippen LogP contribution is -2.47. The fourth-order valence-corrected chi connectivity index (χ4v) is 9.25. The second-order valence-corrected chi connectivity index (χ2v) is 12.6. The van der Waals surface area contributed by atoms with Crippen LogP contribution in [0.25, 0.3) is 16.7 Å². The zero-order chi connectivity index (χ0) is 17.2. The van der Waals surface area contributed by atoms with Crippen molar-refractivity contribution < 1.29 is 8.84 Å². The summed E-state index contributed by atoms with van der Waals surface area (Å²) in [6.07, 6.45) is 0. The maximum atomic E-state index is 6.66. The second kappa shape index (κ2) is 7.14. The van der Waals surface area contributed by atoms with Crippen molar-refractivity contribution in [2.75, 3.05) is 0 Å².